The van der Waals surface area contributed by atoms with Gasteiger partial charge in [0.15, 0.2) is 10.4 Å². The lowest BCUT2D eigenvalue weighted by Crippen LogP contribution is -2.19. The maximum atomic E-state index is 5.48. The summed E-state index contributed by atoms with van der Waals surface area (Å²) in [4.78, 5) is 11.7. The maximum Gasteiger partial charge on any atom is 0.242 e. The van der Waals surface area contributed by atoms with Crippen LogP contribution in [0.5, 0.6) is 5.88 Å². The van der Waals surface area contributed by atoms with Gasteiger partial charge in [-0.05, 0) is 44.2 Å². The number of hydrogen-bond acceptors (Lipinski definition) is 5. The van der Waals surface area contributed by atoms with Crippen molar-refractivity contribution in [3.8, 4) is 5.88 Å². The van der Waals surface area contributed by atoms with Crippen molar-refractivity contribution >= 4 is 35.1 Å². The van der Waals surface area contributed by atoms with Crippen molar-refractivity contribution in [1.29, 1.82) is 0 Å². The number of aromatic nitrogens is 4. The van der Waals surface area contributed by atoms with Crippen LogP contribution in [0.1, 0.15) is 31.7 Å². The molecule has 0 bridgehead atoms. The van der Waals surface area contributed by atoms with Gasteiger partial charge >= 0.3 is 0 Å². The molecule has 2 heterocycles. The van der Waals surface area contributed by atoms with E-state index in [0.29, 0.717) is 16.7 Å². The fraction of sp³-hybridized carbons (Fsp3) is 0.615. The number of H-pyrrole nitrogens is 1. The highest BCUT2D eigenvalue weighted by atomic mass is 32.2. The Bertz CT molecular complexity index is 658. The maximum absolute atomic E-state index is 5.48. The Hall–Kier alpha value is -1.08. The molecule has 1 aliphatic rings. The molecule has 20 heavy (non-hydrogen) atoms. The first kappa shape index (κ1) is 13.9. The van der Waals surface area contributed by atoms with Crippen LogP contribution in [0, 0.1) is 4.77 Å². The van der Waals surface area contributed by atoms with E-state index in [1.54, 1.807) is 7.11 Å². The molecule has 0 amide bonds. The standard InChI is InChI=1S/C13H18N4OS2/c1-18-12-10-11(14-7-15-12)17(13(19)16-10)8-3-5-9(20-2)6-4-8/h7-9H,3-6H2,1-2H3,(H,16,19). The highest BCUT2D eigenvalue weighted by Crippen LogP contribution is 2.35. The van der Waals surface area contributed by atoms with E-state index >= 15 is 0 Å². The Morgan fingerprint density at radius 2 is 2.10 bits per heavy atom. The van der Waals surface area contributed by atoms with Gasteiger partial charge in [-0.3, -0.25) is 4.57 Å². The Balaban J connectivity index is 2.00. The number of fused-ring (bicyclic) bond motifs is 1. The fourth-order valence-electron chi connectivity index (χ4n) is 2.95. The molecule has 7 heteroatoms. The minimum Gasteiger partial charge on any atom is -0.479 e. The molecule has 3 rings (SSSR count). The molecule has 0 aliphatic heterocycles. The summed E-state index contributed by atoms with van der Waals surface area (Å²) >= 11 is 7.45. The van der Waals surface area contributed by atoms with Gasteiger partial charge in [-0.2, -0.15) is 16.7 Å². The number of rotatable bonds is 3. The number of aromatic amines is 1. The Morgan fingerprint density at radius 3 is 2.75 bits per heavy atom. The van der Waals surface area contributed by atoms with Crippen molar-refractivity contribution in [1.82, 2.24) is 19.5 Å². The van der Waals surface area contributed by atoms with E-state index in [1.165, 1.54) is 19.2 Å². The smallest absolute Gasteiger partial charge is 0.242 e. The monoisotopic (exact) mass is 310 g/mol. The van der Waals surface area contributed by atoms with Crippen molar-refractivity contribution in [3.05, 3.63) is 11.1 Å². The van der Waals surface area contributed by atoms with Crippen LogP contribution in [0.4, 0.5) is 0 Å². The molecule has 1 N–H and O–H groups in total. The van der Waals surface area contributed by atoms with Crippen LogP contribution in [-0.2, 0) is 0 Å². The first-order valence-corrected chi connectivity index (χ1v) is 8.46. The van der Waals surface area contributed by atoms with E-state index in [1.807, 2.05) is 11.8 Å². The molecular formula is C13H18N4OS2. The van der Waals surface area contributed by atoms with Crippen LogP contribution in [-0.4, -0.2) is 38.1 Å². The summed E-state index contributed by atoms with van der Waals surface area (Å²) in [7, 11) is 1.61. The van der Waals surface area contributed by atoms with Crippen molar-refractivity contribution in [2.75, 3.05) is 13.4 Å². The summed E-state index contributed by atoms with van der Waals surface area (Å²) in [5, 5.41) is 0.787. The highest BCUT2D eigenvalue weighted by molar-refractivity contribution is 7.99. The van der Waals surface area contributed by atoms with Crippen LogP contribution in [0.15, 0.2) is 6.33 Å². The van der Waals surface area contributed by atoms with Crippen molar-refractivity contribution in [2.24, 2.45) is 0 Å². The molecule has 0 atom stereocenters. The molecular weight excluding hydrogens is 292 g/mol. The van der Waals surface area contributed by atoms with E-state index in [9.17, 15) is 0 Å². The lowest BCUT2D eigenvalue weighted by atomic mass is 9.95. The van der Waals surface area contributed by atoms with Crippen LogP contribution in [0.3, 0.4) is 0 Å². The van der Waals surface area contributed by atoms with Crippen molar-refractivity contribution in [3.63, 3.8) is 0 Å². The molecule has 1 saturated carbocycles. The average Bonchev–Trinajstić information content (AvgIpc) is 2.83. The summed E-state index contributed by atoms with van der Waals surface area (Å²) in [6, 6.07) is 0.430. The minimum atomic E-state index is 0.430. The van der Waals surface area contributed by atoms with Gasteiger partial charge in [-0.1, -0.05) is 0 Å². The van der Waals surface area contributed by atoms with Crippen LogP contribution in [0.25, 0.3) is 11.2 Å². The topological polar surface area (TPSA) is 55.7 Å². The zero-order chi connectivity index (χ0) is 14.1. The Labute approximate surface area is 127 Å². The van der Waals surface area contributed by atoms with E-state index in [-0.39, 0.29) is 0 Å². The number of nitrogens with one attached hydrogen (secondary N) is 1. The SMILES string of the molecule is COc1ncnc2c1[nH]c(=S)n2C1CCC(SC)CC1. The number of ether oxygens (including phenoxy) is 1. The minimum absolute atomic E-state index is 0.430. The van der Waals surface area contributed by atoms with E-state index in [0.717, 1.165) is 29.3 Å². The Kier molecular flexibility index (Phi) is 3.98. The predicted molar refractivity (Wildman–Crippen MR) is 84.1 cm³/mol. The molecule has 0 unspecified atom stereocenters. The zero-order valence-electron chi connectivity index (χ0n) is 11.6. The van der Waals surface area contributed by atoms with Gasteiger partial charge in [0.25, 0.3) is 0 Å². The van der Waals surface area contributed by atoms with Crippen LogP contribution < -0.4 is 4.74 Å². The molecule has 108 valence electrons. The number of imidazole rings is 1. The number of nitrogens with zero attached hydrogens (tertiary/aromatic N) is 3. The average molecular weight is 310 g/mol. The molecule has 1 aliphatic carbocycles. The van der Waals surface area contributed by atoms with E-state index < -0.39 is 0 Å². The third-order valence-corrected chi connectivity index (χ3v) is 5.44. The normalized spacial score (nSPS) is 23.1. The second-order valence-electron chi connectivity index (χ2n) is 5.05. The molecule has 0 spiro atoms. The van der Waals surface area contributed by atoms with E-state index in [2.05, 4.69) is 25.8 Å². The number of hydrogen-bond donors (Lipinski definition) is 1. The first-order valence-electron chi connectivity index (χ1n) is 6.76. The summed E-state index contributed by atoms with van der Waals surface area (Å²) in [5.41, 5.74) is 1.65. The lowest BCUT2D eigenvalue weighted by Gasteiger charge is -2.28. The molecule has 2 aromatic heterocycles. The zero-order valence-corrected chi connectivity index (χ0v) is 13.3. The third kappa shape index (κ3) is 2.33. The molecule has 5 nitrogen and oxygen atoms in total. The number of thioether (sulfide) groups is 1. The second-order valence-corrected chi connectivity index (χ2v) is 6.57. The van der Waals surface area contributed by atoms with Crippen LogP contribution in [0.2, 0.25) is 0 Å². The van der Waals surface area contributed by atoms with Gasteiger partial charge in [0.1, 0.15) is 11.8 Å². The Morgan fingerprint density at radius 1 is 1.35 bits per heavy atom. The summed E-state index contributed by atoms with van der Waals surface area (Å²) in [5.74, 6) is 0.553. The second kappa shape index (κ2) is 5.73. The lowest BCUT2D eigenvalue weighted by molar-refractivity contribution is 0.362. The van der Waals surface area contributed by atoms with Gasteiger partial charge < -0.3 is 9.72 Å². The molecule has 0 aromatic carbocycles. The van der Waals surface area contributed by atoms with Gasteiger partial charge in [-0.25, -0.2) is 4.98 Å². The van der Waals surface area contributed by atoms with E-state index in [4.69, 9.17) is 17.0 Å². The summed E-state index contributed by atoms with van der Waals surface area (Å²) in [6.45, 7) is 0. The van der Waals surface area contributed by atoms with Crippen LogP contribution >= 0.6 is 24.0 Å². The predicted octanol–water partition coefficient (Wildman–Crippen LogP) is 3.34. The fourth-order valence-corrected chi connectivity index (χ4v) is 4.03. The third-order valence-electron chi connectivity index (χ3n) is 4.01. The quantitative estimate of drug-likeness (QED) is 0.881. The highest BCUT2D eigenvalue weighted by Gasteiger charge is 2.24. The summed E-state index contributed by atoms with van der Waals surface area (Å²) < 4.78 is 8.13. The first-order chi connectivity index (χ1) is 9.74. The van der Waals surface area contributed by atoms with Crippen molar-refractivity contribution < 1.29 is 4.74 Å². The summed E-state index contributed by atoms with van der Waals surface area (Å²) in [6.07, 6.45) is 8.51. The largest absolute Gasteiger partial charge is 0.479 e. The molecule has 0 saturated heterocycles. The molecule has 0 radical (unpaired) electrons. The van der Waals surface area contributed by atoms with Gasteiger partial charge in [0.2, 0.25) is 5.88 Å². The van der Waals surface area contributed by atoms with Crippen molar-refractivity contribution in [2.45, 2.75) is 37.0 Å². The number of methoxy groups -OCH3 is 1. The molecule has 1 fully saturated rings. The van der Waals surface area contributed by atoms with Gasteiger partial charge in [0, 0.05) is 11.3 Å². The molecule has 2 aromatic rings. The van der Waals surface area contributed by atoms with Gasteiger partial charge in [0.05, 0.1) is 7.11 Å². The van der Waals surface area contributed by atoms with Gasteiger partial charge in [-0.15, -0.1) is 0 Å².